The maximum absolute atomic E-state index is 5.91. The van der Waals surface area contributed by atoms with Crippen LogP contribution in [0.2, 0.25) is 0 Å². The molecule has 0 saturated carbocycles. The van der Waals surface area contributed by atoms with Crippen LogP contribution in [0.15, 0.2) is 12.1 Å². The SMILES string of the molecule is N[C@H]1COc2ccc3c(c21)OCC3. The van der Waals surface area contributed by atoms with Gasteiger partial charge in [-0.3, -0.25) is 0 Å². The molecule has 1 atom stereocenters. The van der Waals surface area contributed by atoms with E-state index in [2.05, 4.69) is 6.07 Å². The van der Waals surface area contributed by atoms with Gasteiger partial charge in [0.2, 0.25) is 0 Å². The molecule has 0 radical (unpaired) electrons. The van der Waals surface area contributed by atoms with Crippen LogP contribution in [0.5, 0.6) is 11.5 Å². The summed E-state index contributed by atoms with van der Waals surface area (Å²) in [5, 5.41) is 0. The lowest BCUT2D eigenvalue weighted by atomic mass is 10.0. The van der Waals surface area contributed by atoms with E-state index in [-0.39, 0.29) is 6.04 Å². The second kappa shape index (κ2) is 2.39. The van der Waals surface area contributed by atoms with E-state index < -0.39 is 0 Å². The van der Waals surface area contributed by atoms with E-state index in [1.165, 1.54) is 5.56 Å². The summed E-state index contributed by atoms with van der Waals surface area (Å²) < 4.78 is 11.0. The largest absolute Gasteiger partial charge is 0.492 e. The molecule has 68 valence electrons. The van der Waals surface area contributed by atoms with Crippen molar-refractivity contribution in [3.63, 3.8) is 0 Å². The van der Waals surface area contributed by atoms with Crippen molar-refractivity contribution in [1.82, 2.24) is 0 Å². The highest BCUT2D eigenvalue weighted by Crippen LogP contribution is 2.42. The Hall–Kier alpha value is -1.22. The zero-order chi connectivity index (χ0) is 8.84. The van der Waals surface area contributed by atoms with Crippen LogP contribution in [-0.4, -0.2) is 13.2 Å². The van der Waals surface area contributed by atoms with Crippen molar-refractivity contribution in [2.45, 2.75) is 12.5 Å². The maximum atomic E-state index is 5.91. The molecule has 0 aliphatic carbocycles. The molecule has 3 heteroatoms. The van der Waals surface area contributed by atoms with Gasteiger partial charge in [0.05, 0.1) is 18.2 Å². The molecule has 0 aromatic heterocycles. The smallest absolute Gasteiger partial charge is 0.131 e. The summed E-state index contributed by atoms with van der Waals surface area (Å²) in [7, 11) is 0. The minimum absolute atomic E-state index is 0.0111. The molecule has 0 unspecified atom stereocenters. The van der Waals surface area contributed by atoms with Crippen LogP contribution in [0.3, 0.4) is 0 Å². The molecular weight excluding hydrogens is 166 g/mol. The summed E-state index contributed by atoms with van der Waals surface area (Å²) in [6.45, 7) is 1.35. The molecule has 0 spiro atoms. The molecule has 0 bridgehead atoms. The molecule has 3 rings (SSSR count). The molecule has 0 fully saturated rings. The summed E-state index contributed by atoms with van der Waals surface area (Å²) >= 11 is 0. The van der Waals surface area contributed by atoms with Crippen LogP contribution in [0, 0.1) is 0 Å². The van der Waals surface area contributed by atoms with Gasteiger partial charge in [-0.25, -0.2) is 0 Å². The molecule has 0 saturated heterocycles. The Bertz CT molecular complexity index is 362. The van der Waals surface area contributed by atoms with Gasteiger partial charge in [-0.15, -0.1) is 0 Å². The Kier molecular flexibility index (Phi) is 1.32. The monoisotopic (exact) mass is 177 g/mol. The van der Waals surface area contributed by atoms with Gasteiger partial charge in [-0.2, -0.15) is 0 Å². The summed E-state index contributed by atoms with van der Waals surface area (Å²) in [5.74, 6) is 1.87. The summed E-state index contributed by atoms with van der Waals surface area (Å²) in [5.41, 5.74) is 8.24. The van der Waals surface area contributed by atoms with Gasteiger partial charge in [-0.05, 0) is 11.6 Å². The van der Waals surface area contributed by atoms with Crippen LogP contribution in [0.4, 0.5) is 0 Å². The molecule has 2 heterocycles. The second-order valence-corrected chi connectivity index (χ2v) is 3.48. The van der Waals surface area contributed by atoms with E-state index in [4.69, 9.17) is 15.2 Å². The van der Waals surface area contributed by atoms with Crippen LogP contribution >= 0.6 is 0 Å². The van der Waals surface area contributed by atoms with Gasteiger partial charge in [0.15, 0.2) is 0 Å². The fraction of sp³-hybridized carbons (Fsp3) is 0.400. The van der Waals surface area contributed by atoms with Gasteiger partial charge < -0.3 is 15.2 Å². The summed E-state index contributed by atoms with van der Waals surface area (Å²) in [4.78, 5) is 0. The molecule has 0 amide bonds. The zero-order valence-electron chi connectivity index (χ0n) is 7.25. The van der Waals surface area contributed by atoms with E-state index in [0.717, 1.165) is 30.1 Å². The predicted molar refractivity (Wildman–Crippen MR) is 48.1 cm³/mol. The Labute approximate surface area is 76.4 Å². The first-order valence-corrected chi connectivity index (χ1v) is 4.53. The average molecular weight is 177 g/mol. The number of ether oxygens (including phenoxy) is 2. The number of nitrogens with two attached hydrogens (primary N) is 1. The van der Waals surface area contributed by atoms with Crippen molar-refractivity contribution >= 4 is 0 Å². The lowest BCUT2D eigenvalue weighted by molar-refractivity contribution is 0.332. The molecule has 1 aromatic carbocycles. The standard InChI is InChI=1S/C10H11NO2/c11-7-5-13-8-2-1-6-3-4-12-10(6)9(7)8/h1-2,7H,3-5,11H2/t7-/m0/s1. The highest BCUT2D eigenvalue weighted by Gasteiger charge is 2.29. The molecule has 3 nitrogen and oxygen atoms in total. The van der Waals surface area contributed by atoms with E-state index in [1.807, 2.05) is 6.07 Å². The second-order valence-electron chi connectivity index (χ2n) is 3.48. The zero-order valence-corrected chi connectivity index (χ0v) is 7.25. The maximum Gasteiger partial charge on any atom is 0.131 e. The molecule has 1 aromatic rings. The Morgan fingerprint density at radius 1 is 1.31 bits per heavy atom. The minimum Gasteiger partial charge on any atom is -0.492 e. The van der Waals surface area contributed by atoms with Gasteiger partial charge >= 0.3 is 0 Å². The van der Waals surface area contributed by atoms with Crippen molar-refractivity contribution in [2.24, 2.45) is 5.73 Å². The van der Waals surface area contributed by atoms with E-state index in [1.54, 1.807) is 0 Å². The number of hydrogen-bond acceptors (Lipinski definition) is 3. The highest BCUT2D eigenvalue weighted by atomic mass is 16.5. The lowest BCUT2D eigenvalue weighted by Gasteiger charge is -2.07. The van der Waals surface area contributed by atoms with Crippen LogP contribution < -0.4 is 15.2 Å². The van der Waals surface area contributed by atoms with Crippen molar-refractivity contribution < 1.29 is 9.47 Å². The van der Waals surface area contributed by atoms with Crippen molar-refractivity contribution in [1.29, 1.82) is 0 Å². The first kappa shape index (κ1) is 7.21. The quantitative estimate of drug-likeness (QED) is 0.643. The van der Waals surface area contributed by atoms with E-state index in [0.29, 0.717) is 6.61 Å². The van der Waals surface area contributed by atoms with Crippen molar-refractivity contribution in [3.8, 4) is 11.5 Å². The third-order valence-electron chi connectivity index (χ3n) is 2.64. The first-order valence-electron chi connectivity index (χ1n) is 4.53. The number of benzene rings is 1. The Balaban J connectivity index is 2.23. The topological polar surface area (TPSA) is 44.5 Å². The molecule has 2 aliphatic rings. The fourth-order valence-electron chi connectivity index (χ4n) is 2.00. The molecule has 13 heavy (non-hydrogen) atoms. The normalized spacial score (nSPS) is 23.3. The van der Waals surface area contributed by atoms with Crippen LogP contribution in [0.25, 0.3) is 0 Å². The Morgan fingerprint density at radius 2 is 2.23 bits per heavy atom. The van der Waals surface area contributed by atoms with Crippen molar-refractivity contribution in [3.05, 3.63) is 23.3 Å². The van der Waals surface area contributed by atoms with Gasteiger partial charge in [-0.1, -0.05) is 6.07 Å². The third kappa shape index (κ3) is 0.877. The number of rotatable bonds is 0. The molecule has 2 aliphatic heterocycles. The van der Waals surface area contributed by atoms with Crippen LogP contribution in [-0.2, 0) is 6.42 Å². The van der Waals surface area contributed by atoms with Gasteiger partial charge in [0, 0.05) is 6.42 Å². The highest BCUT2D eigenvalue weighted by molar-refractivity contribution is 5.55. The van der Waals surface area contributed by atoms with E-state index in [9.17, 15) is 0 Å². The summed E-state index contributed by atoms with van der Waals surface area (Å²) in [6, 6.07) is 4.05. The van der Waals surface area contributed by atoms with Crippen LogP contribution in [0.1, 0.15) is 17.2 Å². The Morgan fingerprint density at radius 3 is 3.15 bits per heavy atom. The van der Waals surface area contributed by atoms with Crippen molar-refractivity contribution in [2.75, 3.05) is 13.2 Å². The van der Waals surface area contributed by atoms with E-state index >= 15 is 0 Å². The predicted octanol–water partition coefficient (Wildman–Crippen LogP) is 1.01. The first-order chi connectivity index (χ1) is 6.36. The van der Waals surface area contributed by atoms with Gasteiger partial charge in [0.25, 0.3) is 0 Å². The average Bonchev–Trinajstić information content (AvgIpc) is 2.70. The minimum atomic E-state index is -0.0111. The number of hydrogen-bond donors (Lipinski definition) is 1. The summed E-state index contributed by atoms with van der Waals surface area (Å²) in [6.07, 6.45) is 0.995. The fourth-order valence-corrected chi connectivity index (χ4v) is 2.00. The molecular formula is C10H11NO2. The third-order valence-corrected chi connectivity index (χ3v) is 2.64. The molecule has 2 N–H and O–H groups in total. The lowest BCUT2D eigenvalue weighted by Crippen LogP contribution is -2.11. The van der Waals surface area contributed by atoms with Gasteiger partial charge in [0.1, 0.15) is 18.1 Å². The number of fused-ring (bicyclic) bond motifs is 3.